The molecular formula is C24H30N6O4S. The number of amidine groups is 1. The fourth-order valence-corrected chi connectivity index (χ4v) is 5.78. The molecular weight excluding hydrogens is 468 g/mol. The summed E-state index contributed by atoms with van der Waals surface area (Å²) in [6.07, 6.45) is 5.25. The minimum atomic E-state index is -3.84. The Bertz CT molecular complexity index is 1240. The van der Waals surface area contributed by atoms with E-state index in [0.29, 0.717) is 29.3 Å². The number of anilines is 2. The maximum Gasteiger partial charge on any atom is 0.344 e. The number of ether oxygens (including phenoxy) is 1. The van der Waals surface area contributed by atoms with E-state index in [2.05, 4.69) is 14.0 Å². The van der Waals surface area contributed by atoms with E-state index >= 15 is 0 Å². The maximum absolute atomic E-state index is 12.9. The lowest BCUT2D eigenvalue weighted by Gasteiger charge is -2.34. The molecule has 0 saturated carbocycles. The largest absolute Gasteiger partial charge is 0.492 e. The smallest absolute Gasteiger partial charge is 0.344 e. The molecule has 10 nitrogen and oxygen atoms in total. The number of nitrogens with zero attached hydrogens (tertiary/aromatic N) is 4. The molecule has 3 N–H and O–H groups in total. The topological polar surface area (TPSA) is 130 Å². The first kappa shape index (κ1) is 23.4. The number of carbonyl (C=O) groups excluding carboxylic acids is 1. The molecule has 1 amide bonds. The van der Waals surface area contributed by atoms with E-state index in [1.54, 1.807) is 24.3 Å². The van der Waals surface area contributed by atoms with Crippen molar-refractivity contribution in [2.24, 2.45) is 16.0 Å². The molecule has 2 fully saturated rings. The third-order valence-corrected chi connectivity index (χ3v) is 7.57. The van der Waals surface area contributed by atoms with E-state index in [4.69, 9.17) is 15.5 Å². The van der Waals surface area contributed by atoms with Crippen molar-refractivity contribution in [2.75, 3.05) is 42.4 Å². The van der Waals surface area contributed by atoms with E-state index in [0.717, 1.165) is 57.7 Å². The molecule has 3 aliphatic rings. The second-order valence-corrected chi connectivity index (χ2v) is 10.6. The molecule has 2 saturated heterocycles. The number of piperidine rings is 2. The number of benzene rings is 1. The summed E-state index contributed by atoms with van der Waals surface area (Å²) < 4.78 is 35.7. The van der Waals surface area contributed by atoms with Crippen molar-refractivity contribution < 1.29 is 17.9 Å². The van der Waals surface area contributed by atoms with Gasteiger partial charge in [0.05, 0.1) is 17.9 Å². The second-order valence-electron chi connectivity index (χ2n) is 9.23. The van der Waals surface area contributed by atoms with Crippen LogP contribution in [-0.4, -0.2) is 62.8 Å². The maximum atomic E-state index is 12.9. The van der Waals surface area contributed by atoms with Gasteiger partial charge in [0, 0.05) is 32.1 Å². The van der Waals surface area contributed by atoms with Crippen LogP contribution >= 0.6 is 0 Å². The number of pyridine rings is 1. The van der Waals surface area contributed by atoms with Gasteiger partial charge < -0.3 is 20.3 Å². The number of rotatable bonds is 5. The highest BCUT2D eigenvalue weighted by atomic mass is 32.2. The Kier molecular flexibility index (Phi) is 6.50. The van der Waals surface area contributed by atoms with Crippen LogP contribution in [0.15, 0.2) is 40.8 Å². The molecule has 0 radical (unpaired) electrons. The number of carbonyl (C=O) groups is 1. The third-order valence-electron chi connectivity index (χ3n) is 6.65. The lowest BCUT2D eigenvalue weighted by Crippen LogP contribution is -2.39. The van der Waals surface area contributed by atoms with Gasteiger partial charge in [-0.25, -0.2) is 4.98 Å². The Morgan fingerprint density at radius 1 is 1.09 bits per heavy atom. The molecule has 1 atom stereocenters. The summed E-state index contributed by atoms with van der Waals surface area (Å²) in [5, 5.41) is 0. The first-order valence-corrected chi connectivity index (χ1v) is 13.5. The number of hydrogen-bond donors (Lipinski definition) is 2. The molecule has 1 aromatic carbocycles. The summed E-state index contributed by atoms with van der Waals surface area (Å²) in [6, 6.07) is 10.8. The van der Waals surface area contributed by atoms with Crippen molar-refractivity contribution in [2.45, 2.75) is 32.1 Å². The van der Waals surface area contributed by atoms with Gasteiger partial charge in [0.1, 0.15) is 17.3 Å². The number of fused-ring (bicyclic) bond motifs is 1. The molecule has 5 rings (SSSR count). The Balaban J connectivity index is 1.25. The molecule has 35 heavy (non-hydrogen) atoms. The molecule has 4 heterocycles. The van der Waals surface area contributed by atoms with E-state index in [1.165, 1.54) is 6.42 Å². The van der Waals surface area contributed by atoms with Crippen molar-refractivity contribution in [3.8, 4) is 5.75 Å². The molecule has 3 aliphatic heterocycles. The average Bonchev–Trinajstić information content (AvgIpc) is 2.87. The first-order chi connectivity index (χ1) is 16.9. The van der Waals surface area contributed by atoms with Crippen LogP contribution in [0, 0.1) is 5.92 Å². The number of likely N-dealkylation sites (tertiary alicyclic amines) is 1. The predicted molar refractivity (Wildman–Crippen MR) is 134 cm³/mol. The van der Waals surface area contributed by atoms with Gasteiger partial charge in [-0.05, 0) is 56.4 Å². The van der Waals surface area contributed by atoms with Crippen LogP contribution in [-0.2, 0) is 10.2 Å². The number of nitrogens with two attached hydrogens (primary N) is 1. The van der Waals surface area contributed by atoms with Crippen molar-refractivity contribution in [3.63, 3.8) is 0 Å². The van der Waals surface area contributed by atoms with E-state index < -0.39 is 10.2 Å². The lowest BCUT2D eigenvalue weighted by atomic mass is 9.99. The Labute approximate surface area is 205 Å². The standard InChI is InChI=1S/C24H30N6O4S/c25-23-22-18(27-35(32,33)28-23)8-4-10-20(22)34-16-17-7-6-14-30(15-17)21-11-5-9-19(26-21)24(31)29-12-2-1-3-13-29/h4-5,8-11,17,27H,1-3,6-7,12-16H2,(H2,25,28)/t17-/m0/s1. The van der Waals surface area contributed by atoms with Crippen molar-refractivity contribution in [1.29, 1.82) is 0 Å². The van der Waals surface area contributed by atoms with Crippen LogP contribution in [0.25, 0.3) is 0 Å². The van der Waals surface area contributed by atoms with Crippen LogP contribution in [0.5, 0.6) is 5.75 Å². The van der Waals surface area contributed by atoms with Gasteiger partial charge in [0.2, 0.25) is 0 Å². The summed E-state index contributed by atoms with van der Waals surface area (Å²) in [5.74, 6) is 1.46. The number of aromatic nitrogens is 1. The first-order valence-electron chi connectivity index (χ1n) is 12.1. The average molecular weight is 499 g/mol. The molecule has 2 aromatic rings. The van der Waals surface area contributed by atoms with Crippen molar-refractivity contribution in [1.82, 2.24) is 9.88 Å². The van der Waals surface area contributed by atoms with Crippen LogP contribution in [0.2, 0.25) is 0 Å². The van der Waals surface area contributed by atoms with Gasteiger partial charge in [-0.1, -0.05) is 12.1 Å². The van der Waals surface area contributed by atoms with Crippen LogP contribution in [0.3, 0.4) is 0 Å². The van der Waals surface area contributed by atoms with Crippen LogP contribution in [0.1, 0.15) is 48.2 Å². The predicted octanol–water partition coefficient (Wildman–Crippen LogP) is 2.38. The Morgan fingerprint density at radius 3 is 2.71 bits per heavy atom. The minimum Gasteiger partial charge on any atom is -0.492 e. The monoisotopic (exact) mass is 498 g/mol. The van der Waals surface area contributed by atoms with E-state index in [1.807, 2.05) is 17.0 Å². The lowest BCUT2D eigenvalue weighted by molar-refractivity contribution is 0.0718. The zero-order valence-corrected chi connectivity index (χ0v) is 20.3. The quantitative estimate of drug-likeness (QED) is 0.647. The van der Waals surface area contributed by atoms with Gasteiger partial charge in [0.25, 0.3) is 5.91 Å². The highest BCUT2D eigenvalue weighted by molar-refractivity contribution is 7.91. The minimum absolute atomic E-state index is 0.00664. The third kappa shape index (κ3) is 5.19. The zero-order valence-electron chi connectivity index (χ0n) is 19.5. The van der Waals surface area contributed by atoms with E-state index in [-0.39, 0.29) is 17.7 Å². The fraction of sp³-hybridized carbons (Fsp3) is 0.458. The highest BCUT2D eigenvalue weighted by Crippen LogP contribution is 2.31. The molecule has 0 aliphatic carbocycles. The van der Waals surface area contributed by atoms with Crippen molar-refractivity contribution >= 4 is 33.5 Å². The highest BCUT2D eigenvalue weighted by Gasteiger charge is 2.27. The fourth-order valence-electron chi connectivity index (χ4n) is 4.93. The Morgan fingerprint density at radius 2 is 1.89 bits per heavy atom. The Hall–Kier alpha value is -3.34. The zero-order chi connectivity index (χ0) is 24.4. The summed E-state index contributed by atoms with van der Waals surface area (Å²) in [5.41, 5.74) is 7.24. The number of hydrogen-bond acceptors (Lipinski definition) is 7. The van der Waals surface area contributed by atoms with Gasteiger partial charge in [-0.15, -0.1) is 4.40 Å². The molecule has 186 valence electrons. The molecule has 11 heteroatoms. The van der Waals surface area contributed by atoms with Crippen LogP contribution in [0.4, 0.5) is 11.5 Å². The van der Waals surface area contributed by atoms with Crippen LogP contribution < -0.4 is 20.1 Å². The van der Waals surface area contributed by atoms with E-state index in [9.17, 15) is 13.2 Å². The summed E-state index contributed by atoms with van der Waals surface area (Å²) in [4.78, 5) is 21.7. The second kappa shape index (κ2) is 9.73. The summed E-state index contributed by atoms with van der Waals surface area (Å²) in [7, 11) is -3.84. The van der Waals surface area contributed by atoms with Gasteiger partial charge in [-0.2, -0.15) is 8.42 Å². The summed E-state index contributed by atoms with van der Waals surface area (Å²) in [6.45, 7) is 3.66. The normalized spacial score (nSPS) is 21.5. The SMILES string of the molecule is NC1=NS(=O)(=O)Nc2cccc(OC[C@H]3CCCN(c4cccc(C(=O)N5CCCCC5)n4)C3)c21. The van der Waals surface area contributed by atoms with Gasteiger partial charge in [0.15, 0.2) is 5.84 Å². The number of amides is 1. The summed E-state index contributed by atoms with van der Waals surface area (Å²) >= 11 is 0. The molecule has 0 spiro atoms. The molecule has 0 unspecified atom stereocenters. The number of nitrogens with one attached hydrogen (secondary N) is 1. The van der Waals surface area contributed by atoms with Crippen molar-refractivity contribution in [3.05, 3.63) is 47.7 Å². The molecule has 0 bridgehead atoms. The molecule has 1 aromatic heterocycles. The van der Waals surface area contributed by atoms with Gasteiger partial charge >= 0.3 is 10.2 Å². The van der Waals surface area contributed by atoms with Gasteiger partial charge in [-0.3, -0.25) is 9.52 Å².